The first-order chi connectivity index (χ1) is 9.17. The summed E-state index contributed by atoms with van der Waals surface area (Å²) < 4.78 is 6.01. The van der Waals surface area contributed by atoms with Gasteiger partial charge in [0.2, 0.25) is 0 Å². The van der Waals surface area contributed by atoms with Gasteiger partial charge in [-0.05, 0) is 45.7 Å². The molecular formula is C16H32N2O. The Morgan fingerprint density at radius 1 is 1.42 bits per heavy atom. The molecule has 1 N–H and O–H groups in total. The standard InChI is InChI=1S/C16H32N2O/c1-5-9-17-15(8-7-14(3)4)16-13-18(10-6-2)11-12-19-16/h15-17H,3,5-13H2,1-2,4H3. The summed E-state index contributed by atoms with van der Waals surface area (Å²) in [4.78, 5) is 2.54. The normalized spacial score (nSPS) is 22.4. The number of ether oxygens (including phenoxy) is 1. The summed E-state index contributed by atoms with van der Waals surface area (Å²) in [6.07, 6.45) is 4.97. The van der Waals surface area contributed by atoms with E-state index in [4.69, 9.17) is 4.74 Å². The first kappa shape index (κ1) is 16.7. The van der Waals surface area contributed by atoms with Crippen molar-refractivity contribution < 1.29 is 4.74 Å². The average Bonchev–Trinajstić information content (AvgIpc) is 2.39. The lowest BCUT2D eigenvalue weighted by molar-refractivity contribution is -0.0474. The number of allylic oxidation sites excluding steroid dienone is 1. The van der Waals surface area contributed by atoms with Crippen LogP contribution in [0.2, 0.25) is 0 Å². The van der Waals surface area contributed by atoms with E-state index >= 15 is 0 Å². The zero-order valence-electron chi connectivity index (χ0n) is 13.1. The Bertz CT molecular complexity index is 253. The Morgan fingerprint density at radius 3 is 2.84 bits per heavy atom. The summed E-state index contributed by atoms with van der Waals surface area (Å²) in [6.45, 7) is 15.9. The Labute approximate surface area is 119 Å². The molecule has 3 nitrogen and oxygen atoms in total. The second-order valence-corrected chi connectivity index (χ2v) is 5.77. The summed E-state index contributed by atoms with van der Waals surface area (Å²) >= 11 is 0. The molecule has 1 aliphatic heterocycles. The second kappa shape index (κ2) is 9.51. The molecule has 3 heteroatoms. The SMILES string of the molecule is C=C(C)CCC(NCCC)C1CN(CCC)CCO1. The van der Waals surface area contributed by atoms with Gasteiger partial charge < -0.3 is 10.1 Å². The van der Waals surface area contributed by atoms with E-state index in [1.807, 2.05) is 0 Å². The lowest BCUT2D eigenvalue weighted by Crippen LogP contribution is -2.52. The van der Waals surface area contributed by atoms with Gasteiger partial charge in [0.25, 0.3) is 0 Å². The van der Waals surface area contributed by atoms with Gasteiger partial charge in [-0.1, -0.05) is 19.4 Å². The maximum Gasteiger partial charge on any atom is 0.0855 e. The molecule has 0 radical (unpaired) electrons. The fourth-order valence-corrected chi connectivity index (χ4v) is 2.65. The highest BCUT2D eigenvalue weighted by molar-refractivity contribution is 4.92. The molecule has 1 aliphatic rings. The first-order valence-electron chi connectivity index (χ1n) is 7.89. The maximum absolute atomic E-state index is 6.01. The van der Waals surface area contributed by atoms with Crippen molar-refractivity contribution in [1.29, 1.82) is 0 Å². The summed E-state index contributed by atoms with van der Waals surface area (Å²) in [5.74, 6) is 0. The van der Waals surface area contributed by atoms with Crippen LogP contribution < -0.4 is 5.32 Å². The highest BCUT2D eigenvalue weighted by atomic mass is 16.5. The van der Waals surface area contributed by atoms with Crippen molar-refractivity contribution in [2.75, 3.05) is 32.8 Å². The molecule has 2 atom stereocenters. The Hall–Kier alpha value is -0.380. The van der Waals surface area contributed by atoms with Crippen molar-refractivity contribution in [2.45, 2.75) is 58.6 Å². The highest BCUT2D eigenvalue weighted by Crippen LogP contribution is 2.15. The lowest BCUT2D eigenvalue weighted by Gasteiger charge is -2.37. The van der Waals surface area contributed by atoms with Crippen LogP contribution in [0.25, 0.3) is 0 Å². The van der Waals surface area contributed by atoms with Gasteiger partial charge in [0, 0.05) is 19.1 Å². The quantitative estimate of drug-likeness (QED) is 0.651. The van der Waals surface area contributed by atoms with Gasteiger partial charge in [0.15, 0.2) is 0 Å². The summed E-state index contributed by atoms with van der Waals surface area (Å²) in [6, 6.07) is 0.469. The van der Waals surface area contributed by atoms with Crippen molar-refractivity contribution >= 4 is 0 Å². The first-order valence-corrected chi connectivity index (χ1v) is 7.89. The molecule has 1 rings (SSSR count). The van der Waals surface area contributed by atoms with Crippen LogP contribution in [-0.2, 0) is 4.74 Å². The number of hydrogen-bond donors (Lipinski definition) is 1. The van der Waals surface area contributed by atoms with Gasteiger partial charge >= 0.3 is 0 Å². The van der Waals surface area contributed by atoms with Gasteiger partial charge in [-0.15, -0.1) is 6.58 Å². The molecule has 0 aromatic heterocycles. The molecule has 1 fully saturated rings. The van der Waals surface area contributed by atoms with E-state index in [0.717, 1.165) is 39.1 Å². The molecular weight excluding hydrogens is 236 g/mol. The Morgan fingerprint density at radius 2 is 2.21 bits per heavy atom. The largest absolute Gasteiger partial charge is 0.374 e. The summed E-state index contributed by atoms with van der Waals surface area (Å²) in [7, 11) is 0. The Kier molecular flexibility index (Phi) is 8.35. The number of rotatable bonds is 9. The lowest BCUT2D eigenvalue weighted by atomic mass is 10.0. The van der Waals surface area contributed by atoms with Gasteiger partial charge in [0.1, 0.15) is 0 Å². The van der Waals surface area contributed by atoms with Crippen molar-refractivity contribution in [3.8, 4) is 0 Å². The predicted octanol–water partition coefficient (Wildman–Crippen LogP) is 2.82. The van der Waals surface area contributed by atoms with E-state index in [-0.39, 0.29) is 0 Å². The zero-order chi connectivity index (χ0) is 14.1. The van der Waals surface area contributed by atoms with Gasteiger partial charge in [-0.3, -0.25) is 4.90 Å². The van der Waals surface area contributed by atoms with Crippen LogP contribution in [-0.4, -0.2) is 49.8 Å². The third-order valence-electron chi connectivity index (χ3n) is 3.70. The van der Waals surface area contributed by atoms with Crippen LogP contribution in [0, 0.1) is 0 Å². The second-order valence-electron chi connectivity index (χ2n) is 5.77. The fourth-order valence-electron chi connectivity index (χ4n) is 2.65. The number of nitrogens with one attached hydrogen (secondary N) is 1. The highest BCUT2D eigenvalue weighted by Gasteiger charge is 2.27. The number of nitrogens with zero attached hydrogens (tertiary/aromatic N) is 1. The van der Waals surface area contributed by atoms with Crippen molar-refractivity contribution in [3.63, 3.8) is 0 Å². The topological polar surface area (TPSA) is 24.5 Å². The minimum Gasteiger partial charge on any atom is -0.374 e. The van der Waals surface area contributed by atoms with Crippen molar-refractivity contribution in [1.82, 2.24) is 10.2 Å². The average molecular weight is 268 g/mol. The molecule has 0 amide bonds. The minimum atomic E-state index is 0.339. The van der Waals surface area contributed by atoms with Crippen LogP contribution in [0.15, 0.2) is 12.2 Å². The summed E-state index contributed by atoms with van der Waals surface area (Å²) in [5, 5.41) is 3.66. The molecule has 19 heavy (non-hydrogen) atoms. The van der Waals surface area contributed by atoms with E-state index in [0.29, 0.717) is 12.1 Å². The Balaban J connectivity index is 2.48. The zero-order valence-corrected chi connectivity index (χ0v) is 13.1. The minimum absolute atomic E-state index is 0.339. The molecule has 0 saturated carbocycles. The molecule has 0 aromatic carbocycles. The third kappa shape index (κ3) is 6.55. The van der Waals surface area contributed by atoms with Crippen molar-refractivity contribution in [3.05, 3.63) is 12.2 Å². The molecule has 2 unspecified atom stereocenters. The molecule has 1 saturated heterocycles. The number of morpholine rings is 1. The van der Waals surface area contributed by atoms with Gasteiger partial charge in [-0.25, -0.2) is 0 Å². The molecule has 0 spiro atoms. The van der Waals surface area contributed by atoms with Crippen molar-refractivity contribution in [2.24, 2.45) is 0 Å². The van der Waals surface area contributed by atoms with E-state index < -0.39 is 0 Å². The van der Waals surface area contributed by atoms with E-state index in [9.17, 15) is 0 Å². The van der Waals surface area contributed by atoms with Crippen LogP contribution in [0.3, 0.4) is 0 Å². The van der Waals surface area contributed by atoms with Crippen LogP contribution in [0.4, 0.5) is 0 Å². The molecule has 0 aliphatic carbocycles. The smallest absolute Gasteiger partial charge is 0.0855 e. The fraction of sp³-hybridized carbons (Fsp3) is 0.875. The monoisotopic (exact) mass is 268 g/mol. The summed E-state index contributed by atoms with van der Waals surface area (Å²) in [5.41, 5.74) is 1.27. The van der Waals surface area contributed by atoms with E-state index in [1.165, 1.54) is 25.0 Å². The molecule has 1 heterocycles. The number of hydrogen-bond acceptors (Lipinski definition) is 3. The van der Waals surface area contributed by atoms with Gasteiger partial charge in [0.05, 0.1) is 12.7 Å². The van der Waals surface area contributed by atoms with Crippen LogP contribution in [0.1, 0.15) is 46.5 Å². The van der Waals surface area contributed by atoms with Crippen LogP contribution in [0.5, 0.6) is 0 Å². The van der Waals surface area contributed by atoms with Gasteiger partial charge in [-0.2, -0.15) is 0 Å². The predicted molar refractivity (Wildman–Crippen MR) is 82.6 cm³/mol. The maximum atomic E-state index is 6.01. The van der Waals surface area contributed by atoms with E-state index in [2.05, 4.69) is 37.6 Å². The molecule has 112 valence electrons. The van der Waals surface area contributed by atoms with Crippen LogP contribution >= 0.6 is 0 Å². The van der Waals surface area contributed by atoms with E-state index in [1.54, 1.807) is 0 Å². The molecule has 0 bridgehead atoms. The molecule has 0 aromatic rings. The third-order valence-corrected chi connectivity index (χ3v) is 3.70.